The summed E-state index contributed by atoms with van der Waals surface area (Å²) in [6.45, 7) is 1.18. The summed E-state index contributed by atoms with van der Waals surface area (Å²) in [6.07, 6.45) is 0.872. The van der Waals surface area contributed by atoms with E-state index in [0.717, 1.165) is 12.2 Å². The summed E-state index contributed by atoms with van der Waals surface area (Å²) in [5.74, 6) is 0.842. The molecule has 0 unspecified atom stereocenters. The Labute approximate surface area is 134 Å². The van der Waals surface area contributed by atoms with Gasteiger partial charge in [0.2, 0.25) is 10.0 Å². The number of thiophene rings is 1. The van der Waals surface area contributed by atoms with Crippen LogP contribution in [0.5, 0.6) is 0 Å². The van der Waals surface area contributed by atoms with Crippen molar-refractivity contribution in [3.63, 3.8) is 0 Å². The van der Waals surface area contributed by atoms with Gasteiger partial charge in [-0.3, -0.25) is 0 Å². The van der Waals surface area contributed by atoms with E-state index in [2.05, 4.69) is 17.5 Å². The smallest absolute Gasteiger partial charge is 0.207 e. The van der Waals surface area contributed by atoms with E-state index in [1.807, 2.05) is 17.8 Å². The second-order valence-electron chi connectivity index (χ2n) is 4.88. The maximum atomic E-state index is 12.7. The van der Waals surface area contributed by atoms with Gasteiger partial charge in [0.25, 0.3) is 0 Å². The molecule has 0 radical (unpaired) electrons. The first kappa shape index (κ1) is 15.1. The molecule has 1 saturated heterocycles. The molecule has 1 atom stereocenters. The Bertz CT molecular complexity index is 668. The van der Waals surface area contributed by atoms with Gasteiger partial charge in [-0.25, -0.2) is 8.42 Å². The average Bonchev–Trinajstić information content (AvgIpc) is 2.92. The minimum atomic E-state index is -3.35. The fraction of sp³-hybridized carbons (Fsp3) is 0.333. The predicted octanol–water partition coefficient (Wildman–Crippen LogP) is 3.62. The Kier molecular flexibility index (Phi) is 4.69. The molecule has 3 nitrogen and oxygen atoms in total. The molecule has 112 valence electrons. The third-order valence-electron chi connectivity index (χ3n) is 3.54. The van der Waals surface area contributed by atoms with Crippen LogP contribution in [0, 0.1) is 0 Å². The van der Waals surface area contributed by atoms with Gasteiger partial charge in [0.1, 0.15) is 0 Å². The van der Waals surface area contributed by atoms with Crippen molar-refractivity contribution in [3.05, 3.63) is 52.7 Å². The topological polar surface area (TPSA) is 37.4 Å². The van der Waals surface area contributed by atoms with Crippen molar-refractivity contribution >= 4 is 33.1 Å². The van der Waals surface area contributed by atoms with E-state index in [0.29, 0.717) is 23.2 Å². The zero-order valence-electron chi connectivity index (χ0n) is 11.5. The highest BCUT2D eigenvalue weighted by Crippen LogP contribution is 2.37. The number of hydrogen-bond donors (Lipinski definition) is 0. The first-order valence-electron chi connectivity index (χ1n) is 6.88. The van der Waals surface area contributed by atoms with Crippen LogP contribution in [0.3, 0.4) is 0 Å². The molecule has 0 spiro atoms. The summed E-state index contributed by atoms with van der Waals surface area (Å²) >= 11 is 3.62. The summed E-state index contributed by atoms with van der Waals surface area (Å²) in [5.41, 5.74) is 0. The highest BCUT2D eigenvalue weighted by Gasteiger charge is 2.28. The van der Waals surface area contributed by atoms with Crippen molar-refractivity contribution < 1.29 is 8.42 Å². The fourth-order valence-electron chi connectivity index (χ4n) is 2.43. The first-order chi connectivity index (χ1) is 10.2. The zero-order chi connectivity index (χ0) is 14.7. The highest BCUT2D eigenvalue weighted by atomic mass is 32.2. The number of rotatable bonds is 3. The number of thioether (sulfide) groups is 1. The SMILES string of the molecule is O=S(=O)(c1ccccc1)N1CCS[C@H](c2cccs2)CC1. The van der Waals surface area contributed by atoms with Crippen LogP contribution in [-0.2, 0) is 10.0 Å². The van der Waals surface area contributed by atoms with Gasteiger partial charge in [-0.15, -0.1) is 11.3 Å². The van der Waals surface area contributed by atoms with Crippen LogP contribution in [0.4, 0.5) is 0 Å². The highest BCUT2D eigenvalue weighted by molar-refractivity contribution is 7.99. The van der Waals surface area contributed by atoms with E-state index >= 15 is 0 Å². The van der Waals surface area contributed by atoms with E-state index in [4.69, 9.17) is 0 Å². The second kappa shape index (κ2) is 6.52. The quantitative estimate of drug-likeness (QED) is 0.857. The zero-order valence-corrected chi connectivity index (χ0v) is 14.0. The monoisotopic (exact) mass is 339 g/mol. The number of sulfonamides is 1. The lowest BCUT2D eigenvalue weighted by molar-refractivity contribution is 0.428. The molecule has 2 heterocycles. The summed E-state index contributed by atoms with van der Waals surface area (Å²) in [4.78, 5) is 1.74. The third-order valence-corrected chi connectivity index (χ3v) is 7.90. The van der Waals surface area contributed by atoms with E-state index in [1.54, 1.807) is 39.9 Å². The van der Waals surface area contributed by atoms with Gasteiger partial charge in [0, 0.05) is 29.0 Å². The molecular formula is C15H17NO2S3. The van der Waals surface area contributed by atoms with Gasteiger partial charge in [0.05, 0.1) is 4.90 Å². The molecule has 21 heavy (non-hydrogen) atoms. The number of benzene rings is 1. The first-order valence-corrected chi connectivity index (χ1v) is 10.2. The van der Waals surface area contributed by atoms with Crippen LogP contribution in [0.1, 0.15) is 16.5 Å². The standard InChI is InChI=1S/C15H17NO2S3/c17-21(18,13-5-2-1-3-6-13)16-9-8-15(20-12-10-16)14-7-4-11-19-14/h1-7,11,15H,8-10,12H2/t15-/m0/s1. The van der Waals surface area contributed by atoms with Crippen molar-refractivity contribution in [2.75, 3.05) is 18.8 Å². The van der Waals surface area contributed by atoms with Gasteiger partial charge >= 0.3 is 0 Å². The third kappa shape index (κ3) is 3.34. The Morgan fingerprint density at radius 3 is 2.57 bits per heavy atom. The molecule has 3 rings (SSSR count). The van der Waals surface area contributed by atoms with Gasteiger partial charge in [-0.05, 0) is 30.0 Å². The van der Waals surface area contributed by atoms with Crippen molar-refractivity contribution in [3.8, 4) is 0 Å². The van der Waals surface area contributed by atoms with Crippen LogP contribution in [0.25, 0.3) is 0 Å². The molecular weight excluding hydrogens is 322 g/mol. The predicted molar refractivity (Wildman–Crippen MR) is 89.3 cm³/mol. The number of nitrogens with zero attached hydrogens (tertiary/aromatic N) is 1. The van der Waals surface area contributed by atoms with Crippen molar-refractivity contribution in [2.24, 2.45) is 0 Å². The van der Waals surface area contributed by atoms with E-state index < -0.39 is 10.0 Å². The Hall–Kier alpha value is -0.820. The Balaban J connectivity index is 1.76. The summed E-state index contributed by atoms with van der Waals surface area (Å²) in [5, 5.41) is 2.50. The normalized spacial score (nSPS) is 21.0. The van der Waals surface area contributed by atoms with Crippen LogP contribution >= 0.6 is 23.1 Å². The van der Waals surface area contributed by atoms with E-state index in [1.165, 1.54) is 4.88 Å². The second-order valence-corrected chi connectivity index (χ2v) is 9.11. The fourth-order valence-corrected chi connectivity index (χ4v) is 6.26. The maximum absolute atomic E-state index is 12.7. The lowest BCUT2D eigenvalue weighted by Crippen LogP contribution is -2.33. The van der Waals surface area contributed by atoms with E-state index in [-0.39, 0.29) is 0 Å². The van der Waals surface area contributed by atoms with Crippen molar-refractivity contribution in [2.45, 2.75) is 16.6 Å². The summed E-state index contributed by atoms with van der Waals surface area (Å²) in [7, 11) is -3.35. The molecule has 6 heteroatoms. The molecule has 0 saturated carbocycles. The summed E-state index contributed by atoms with van der Waals surface area (Å²) < 4.78 is 26.9. The minimum absolute atomic E-state index is 0.393. The molecule has 0 aliphatic carbocycles. The van der Waals surface area contributed by atoms with Gasteiger partial charge in [-0.1, -0.05) is 24.3 Å². The molecule has 1 aliphatic heterocycles. The Morgan fingerprint density at radius 2 is 1.86 bits per heavy atom. The molecule has 0 bridgehead atoms. The van der Waals surface area contributed by atoms with Gasteiger partial charge in [0.15, 0.2) is 0 Å². The van der Waals surface area contributed by atoms with Crippen LogP contribution < -0.4 is 0 Å². The lowest BCUT2D eigenvalue weighted by atomic mass is 10.2. The summed E-state index contributed by atoms with van der Waals surface area (Å²) in [6, 6.07) is 12.9. The van der Waals surface area contributed by atoms with Crippen LogP contribution in [0.2, 0.25) is 0 Å². The van der Waals surface area contributed by atoms with E-state index in [9.17, 15) is 8.42 Å². The van der Waals surface area contributed by atoms with Crippen molar-refractivity contribution in [1.29, 1.82) is 0 Å². The number of hydrogen-bond acceptors (Lipinski definition) is 4. The van der Waals surface area contributed by atoms with Gasteiger partial charge in [-0.2, -0.15) is 16.1 Å². The van der Waals surface area contributed by atoms with Gasteiger partial charge < -0.3 is 0 Å². The molecule has 1 aromatic heterocycles. The molecule has 1 aliphatic rings. The minimum Gasteiger partial charge on any atom is -0.207 e. The average molecular weight is 340 g/mol. The lowest BCUT2D eigenvalue weighted by Gasteiger charge is -2.19. The van der Waals surface area contributed by atoms with Crippen LogP contribution in [0.15, 0.2) is 52.7 Å². The maximum Gasteiger partial charge on any atom is 0.243 e. The molecule has 1 fully saturated rings. The Morgan fingerprint density at radius 1 is 1.05 bits per heavy atom. The molecule has 1 aromatic carbocycles. The van der Waals surface area contributed by atoms with Crippen molar-refractivity contribution in [1.82, 2.24) is 4.31 Å². The van der Waals surface area contributed by atoms with Crippen LogP contribution in [-0.4, -0.2) is 31.6 Å². The molecule has 0 N–H and O–H groups in total. The largest absolute Gasteiger partial charge is 0.243 e. The molecule has 0 amide bonds. The molecule has 2 aromatic rings.